The molecule has 0 saturated carbocycles. The molecule has 5 rings (SSSR count). The Kier molecular flexibility index (Phi) is 3.41. The fraction of sp³-hybridized carbons (Fsp3) is 0. The van der Waals surface area contributed by atoms with Crippen molar-refractivity contribution in [1.29, 1.82) is 0 Å². The SMILES string of the molecule is O=C1Nc2ccc(F)cc2C1=Nn1cnc2c(cnn2-c2ccccc2)c1=O. The molecule has 2 aromatic heterocycles. The van der Waals surface area contributed by atoms with E-state index in [2.05, 4.69) is 20.5 Å². The molecule has 4 aromatic rings. The summed E-state index contributed by atoms with van der Waals surface area (Å²) in [5.74, 6) is -1.03. The van der Waals surface area contributed by atoms with Crippen LogP contribution in [-0.2, 0) is 4.79 Å². The zero-order valence-corrected chi connectivity index (χ0v) is 14.2. The van der Waals surface area contributed by atoms with Crippen molar-refractivity contribution in [2.24, 2.45) is 5.10 Å². The third-order valence-corrected chi connectivity index (χ3v) is 4.38. The predicted molar refractivity (Wildman–Crippen MR) is 100 cm³/mol. The third-order valence-electron chi connectivity index (χ3n) is 4.38. The minimum absolute atomic E-state index is 0.0619. The van der Waals surface area contributed by atoms with Crippen LogP contribution in [0.4, 0.5) is 10.1 Å². The first-order chi connectivity index (χ1) is 13.6. The van der Waals surface area contributed by atoms with Gasteiger partial charge >= 0.3 is 0 Å². The van der Waals surface area contributed by atoms with Gasteiger partial charge in [-0.3, -0.25) is 9.59 Å². The molecule has 0 fully saturated rings. The van der Waals surface area contributed by atoms with E-state index in [1.807, 2.05) is 30.3 Å². The summed E-state index contributed by atoms with van der Waals surface area (Å²) in [5.41, 5.74) is 1.30. The number of benzene rings is 2. The second kappa shape index (κ2) is 5.95. The van der Waals surface area contributed by atoms with Crippen molar-refractivity contribution in [3.8, 4) is 5.69 Å². The number of anilines is 1. The first-order valence-corrected chi connectivity index (χ1v) is 8.33. The molecule has 0 radical (unpaired) electrons. The van der Waals surface area contributed by atoms with Crippen LogP contribution in [0.15, 0.2) is 71.0 Å². The van der Waals surface area contributed by atoms with Crippen molar-refractivity contribution in [3.05, 3.63) is 82.8 Å². The maximum absolute atomic E-state index is 13.6. The van der Waals surface area contributed by atoms with E-state index in [0.717, 1.165) is 10.4 Å². The van der Waals surface area contributed by atoms with E-state index < -0.39 is 17.3 Å². The summed E-state index contributed by atoms with van der Waals surface area (Å²) < 4.78 is 16.1. The molecule has 0 spiro atoms. The lowest BCUT2D eigenvalue weighted by molar-refractivity contribution is -0.110. The van der Waals surface area contributed by atoms with Crippen LogP contribution < -0.4 is 10.9 Å². The molecule has 28 heavy (non-hydrogen) atoms. The molecule has 0 aliphatic carbocycles. The van der Waals surface area contributed by atoms with Gasteiger partial charge in [-0.05, 0) is 30.3 Å². The highest BCUT2D eigenvalue weighted by Crippen LogP contribution is 2.24. The lowest BCUT2D eigenvalue weighted by atomic mass is 10.1. The zero-order chi connectivity index (χ0) is 19.3. The van der Waals surface area contributed by atoms with Gasteiger partial charge in [0.2, 0.25) is 0 Å². The van der Waals surface area contributed by atoms with E-state index in [4.69, 9.17) is 0 Å². The Balaban J connectivity index is 1.65. The molecule has 1 amide bonds. The van der Waals surface area contributed by atoms with Crippen LogP contribution in [0.3, 0.4) is 0 Å². The highest BCUT2D eigenvalue weighted by molar-refractivity contribution is 6.53. The van der Waals surface area contributed by atoms with E-state index in [1.165, 1.54) is 30.7 Å². The molecule has 0 saturated heterocycles. The second-order valence-corrected chi connectivity index (χ2v) is 6.12. The van der Waals surface area contributed by atoms with Crippen molar-refractivity contribution in [2.75, 3.05) is 5.32 Å². The quantitative estimate of drug-likeness (QED) is 0.580. The standard InChI is InChI=1S/C19H11FN6O2/c20-11-6-7-15-13(8-11)16(18(27)23-15)24-25-10-21-17-14(19(25)28)9-22-26(17)12-4-2-1-3-5-12/h1-10H,(H,23,24,27). The van der Waals surface area contributed by atoms with Crippen LogP contribution in [0, 0.1) is 5.82 Å². The Morgan fingerprint density at radius 1 is 1.07 bits per heavy atom. The van der Waals surface area contributed by atoms with Crippen LogP contribution in [0.5, 0.6) is 0 Å². The Morgan fingerprint density at radius 3 is 2.71 bits per heavy atom. The van der Waals surface area contributed by atoms with Crippen LogP contribution in [-0.4, -0.2) is 31.1 Å². The second-order valence-electron chi connectivity index (χ2n) is 6.12. The monoisotopic (exact) mass is 374 g/mol. The van der Waals surface area contributed by atoms with Gasteiger partial charge in [0.1, 0.15) is 17.5 Å². The molecular formula is C19H11FN6O2. The molecule has 9 heteroatoms. The Labute approximate surface area is 156 Å². The van der Waals surface area contributed by atoms with Gasteiger partial charge in [0, 0.05) is 5.56 Å². The first kappa shape index (κ1) is 16.1. The minimum atomic E-state index is -0.521. The lowest BCUT2D eigenvalue weighted by Gasteiger charge is -2.03. The molecular weight excluding hydrogens is 363 g/mol. The van der Waals surface area contributed by atoms with Crippen LogP contribution in [0.25, 0.3) is 16.7 Å². The van der Waals surface area contributed by atoms with Gasteiger partial charge in [0.25, 0.3) is 11.5 Å². The molecule has 136 valence electrons. The van der Waals surface area contributed by atoms with E-state index in [9.17, 15) is 14.0 Å². The van der Waals surface area contributed by atoms with E-state index in [-0.39, 0.29) is 16.7 Å². The molecule has 0 unspecified atom stereocenters. The molecule has 0 bridgehead atoms. The molecule has 1 aliphatic heterocycles. The number of fused-ring (bicyclic) bond motifs is 2. The van der Waals surface area contributed by atoms with Gasteiger partial charge in [0.05, 0.1) is 17.6 Å². The first-order valence-electron chi connectivity index (χ1n) is 8.33. The van der Waals surface area contributed by atoms with E-state index in [0.29, 0.717) is 11.3 Å². The summed E-state index contributed by atoms with van der Waals surface area (Å²) in [6.45, 7) is 0. The van der Waals surface area contributed by atoms with Gasteiger partial charge in [-0.15, -0.1) is 0 Å². The fourth-order valence-electron chi connectivity index (χ4n) is 3.06. The van der Waals surface area contributed by atoms with Crippen molar-refractivity contribution < 1.29 is 9.18 Å². The highest BCUT2D eigenvalue weighted by Gasteiger charge is 2.27. The predicted octanol–water partition coefficient (Wildman–Crippen LogP) is 1.93. The largest absolute Gasteiger partial charge is 0.320 e. The Morgan fingerprint density at radius 2 is 1.89 bits per heavy atom. The molecule has 1 N–H and O–H groups in total. The molecule has 0 atom stereocenters. The number of para-hydroxylation sites is 1. The topological polar surface area (TPSA) is 94.2 Å². The maximum Gasteiger partial charge on any atom is 0.285 e. The number of carbonyl (C=O) groups excluding carboxylic acids is 1. The summed E-state index contributed by atoms with van der Waals surface area (Å²) >= 11 is 0. The summed E-state index contributed by atoms with van der Waals surface area (Å²) in [6.07, 6.45) is 2.61. The molecule has 8 nitrogen and oxygen atoms in total. The van der Waals surface area contributed by atoms with Crippen molar-refractivity contribution in [3.63, 3.8) is 0 Å². The number of hydrogen-bond donors (Lipinski definition) is 1. The van der Waals surface area contributed by atoms with Crippen molar-refractivity contribution >= 4 is 28.3 Å². The lowest BCUT2D eigenvalue weighted by Crippen LogP contribution is -2.22. The van der Waals surface area contributed by atoms with Gasteiger partial charge in [-0.1, -0.05) is 18.2 Å². The van der Waals surface area contributed by atoms with Crippen molar-refractivity contribution in [2.45, 2.75) is 0 Å². The molecule has 1 aliphatic rings. The number of nitrogens with one attached hydrogen (secondary N) is 1. The minimum Gasteiger partial charge on any atom is -0.320 e. The normalized spacial score (nSPS) is 14.5. The third kappa shape index (κ3) is 2.41. The van der Waals surface area contributed by atoms with Gasteiger partial charge in [0.15, 0.2) is 11.4 Å². The Hall–Kier alpha value is -4.14. The zero-order valence-electron chi connectivity index (χ0n) is 14.2. The number of nitrogens with zero attached hydrogens (tertiary/aromatic N) is 5. The number of rotatable bonds is 2. The van der Waals surface area contributed by atoms with E-state index in [1.54, 1.807) is 4.68 Å². The number of halogens is 1. The maximum atomic E-state index is 13.6. The number of aromatic nitrogens is 4. The average molecular weight is 374 g/mol. The van der Waals surface area contributed by atoms with E-state index >= 15 is 0 Å². The fourth-order valence-corrected chi connectivity index (χ4v) is 3.06. The summed E-state index contributed by atoms with van der Waals surface area (Å²) in [7, 11) is 0. The average Bonchev–Trinajstić information content (AvgIpc) is 3.26. The van der Waals surface area contributed by atoms with Crippen LogP contribution in [0.1, 0.15) is 5.56 Å². The smallest absolute Gasteiger partial charge is 0.285 e. The van der Waals surface area contributed by atoms with Crippen LogP contribution in [0.2, 0.25) is 0 Å². The van der Waals surface area contributed by atoms with Gasteiger partial charge in [-0.2, -0.15) is 14.9 Å². The van der Waals surface area contributed by atoms with Crippen LogP contribution >= 0.6 is 0 Å². The number of amides is 1. The van der Waals surface area contributed by atoms with Gasteiger partial charge < -0.3 is 5.32 Å². The molecule has 2 aromatic carbocycles. The summed E-state index contributed by atoms with van der Waals surface area (Å²) in [4.78, 5) is 29.3. The molecule has 3 heterocycles. The summed E-state index contributed by atoms with van der Waals surface area (Å²) in [5, 5.41) is 11.2. The Bertz CT molecular complexity index is 1340. The number of hydrogen-bond acceptors (Lipinski definition) is 5. The van der Waals surface area contributed by atoms with Crippen molar-refractivity contribution in [1.82, 2.24) is 19.4 Å². The summed E-state index contributed by atoms with van der Waals surface area (Å²) in [6, 6.07) is 13.1. The van der Waals surface area contributed by atoms with Gasteiger partial charge in [-0.25, -0.2) is 14.1 Å². The number of carbonyl (C=O) groups is 1. The highest BCUT2D eigenvalue weighted by atomic mass is 19.1.